The molecule has 0 aliphatic carbocycles. The molecule has 1 rings (SSSR count). The molecule has 0 radical (unpaired) electrons. The van der Waals surface area contributed by atoms with Crippen LogP contribution in [-0.4, -0.2) is 51.5 Å². The highest BCUT2D eigenvalue weighted by molar-refractivity contribution is 5.88. The summed E-state index contributed by atoms with van der Waals surface area (Å²) >= 11 is 0. The summed E-state index contributed by atoms with van der Waals surface area (Å²) in [6.45, 7) is 3.21. The quantitative estimate of drug-likeness (QED) is 0.523. The molecule has 0 saturated carbocycles. The molecule has 0 saturated heterocycles. The molecule has 1 aromatic heterocycles. The molecule has 1 heterocycles. The summed E-state index contributed by atoms with van der Waals surface area (Å²) in [5, 5.41) is 3.20. The average molecular weight is 268 g/mol. The summed E-state index contributed by atoms with van der Waals surface area (Å²) in [5.74, 6) is -0.376. The van der Waals surface area contributed by atoms with Crippen LogP contribution in [0.5, 0.6) is 0 Å². The minimum Gasteiger partial charge on any atom is -0.465 e. The molecule has 0 unspecified atom stereocenters. The summed E-state index contributed by atoms with van der Waals surface area (Å²) < 4.78 is 14.8. The topological polar surface area (TPSA) is 69.7 Å². The Morgan fingerprint density at radius 1 is 1.26 bits per heavy atom. The summed E-state index contributed by atoms with van der Waals surface area (Å²) in [6, 6.07) is 3.50. The molecular weight excluding hydrogens is 248 g/mol. The van der Waals surface area contributed by atoms with Gasteiger partial charge in [-0.05, 0) is 12.1 Å². The van der Waals surface area contributed by atoms with Crippen molar-refractivity contribution in [2.45, 2.75) is 6.54 Å². The third-order valence-electron chi connectivity index (χ3n) is 2.41. The molecule has 0 fully saturated rings. The maximum absolute atomic E-state index is 11.2. The summed E-state index contributed by atoms with van der Waals surface area (Å²) in [5.41, 5.74) is 1.32. The van der Waals surface area contributed by atoms with E-state index < -0.39 is 0 Å². The van der Waals surface area contributed by atoms with Crippen molar-refractivity contribution in [3.63, 3.8) is 0 Å². The van der Waals surface area contributed by atoms with Crippen molar-refractivity contribution in [2.75, 3.05) is 40.6 Å². The predicted molar refractivity (Wildman–Crippen MR) is 70.0 cm³/mol. The molecule has 0 spiro atoms. The molecule has 6 nitrogen and oxygen atoms in total. The molecule has 106 valence electrons. The lowest BCUT2D eigenvalue weighted by Crippen LogP contribution is -2.20. The van der Waals surface area contributed by atoms with Crippen molar-refractivity contribution in [3.8, 4) is 0 Å². The Bertz CT molecular complexity index is 367. The molecule has 1 aromatic rings. The standard InChI is InChI=1S/C13H20N2O4/c1-17-7-8-19-6-5-14-10-12-4-3-11(9-15-12)13(16)18-2/h3-4,9,14H,5-8,10H2,1-2H3. The number of ether oxygens (including phenoxy) is 3. The zero-order valence-electron chi connectivity index (χ0n) is 11.3. The predicted octanol–water partition coefficient (Wildman–Crippen LogP) is 0.621. The van der Waals surface area contributed by atoms with E-state index in [-0.39, 0.29) is 5.97 Å². The fourth-order valence-electron chi connectivity index (χ4n) is 1.37. The van der Waals surface area contributed by atoms with Crippen LogP contribution in [-0.2, 0) is 20.8 Å². The monoisotopic (exact) mass is 268 g/mol. The molecule has 0 aliphatic rings. The number of hydrogen-bond donors (Lipinski definition) is 1. The van der Waals surface area contributed by atoms with Crippen molar-refractivity contribution >= 4 is 5.97 Å². The minimum absolute atomic E-state index is 0.376. The number of rotatable bonds is 9. The fraction of sp³-hybridized carbons (Fsp3) is 0.538. The van der Waals surface area contributed by atoms with E-state index in [1.165, 1.54) is 13.3 Å². The van der Waals surface area contributed by atoms with Crippen molar-refractivity contribution < 1.29 is 19.0 Å². The van der Waals surface area contributed by atoms with Crippen LogP contribution in [0.15, 0.2) is 18.3 Å². The van der Waals surface area contributed by atoms with Crippen LogP contribution in [0.2, 0.25) is 0 Å². The van der Waals surface area contributed by atoms with Gasteiger partial charge in [-0.15, -0.1) is 0 Å². The Hall–Kier alpha value is -1.50. The van der Waals surface area contributed by atoms with Gasteiger partial charge in [-0.3, -0.25) is 4.98 Å². The van der Waals surface area contributed by atoms with Gasteiger partial charge in [0.15, 0.2) is 0 Å². The third kappa shape index (κ3) is 6.28. The molecule has 0 amide bonds. The fourth-order valence-corrected chi connectivity index (χ4v) is 1.37. The molecule has 0 atom stereocenters. The van der Waals surface area contributed by atoms with Crippen LogP contribution < -0.4 is 5.32 Å². The van der Waals surface area contributed by atoms with Gasteiger partial charge < -0.3 is 19.5 Å². The van der Waals surface area contributed by atoms with Crippen molar-refractivity contribution in [3.05, 3.63) is 29.6 Å². The Morgan fingerprint density at radius 3 is 2.74 bits per heavy atom. The number of carbonyl (C=O) groups excluding carboxylic acids is 1. The second-order valence-corrected chi connectivity index (χ2v) is 3.81. The van der Waals surface area contributed by atoms with E-state index in [1.807, 2.05) is 0 Å². The molecule has 0 aromatic carbocycles. The van der Waals surface area contributed by atoms with E-state index in [2.05, 4.69) is 15.0 Å². The zero-order valence-corrected chi connectivity index (χ0v) is 11.3. The lowest BCUT2D eigenvalue weighted by molar-refractivity contribution is 0.0600. The highest BCUT2D eigenvalue weighted by Gasteiger charge is 2.04. The van der Waals surface area contributed by atoms with Crippen molar-refractivity contribution in [1.82, 2.24) is 10.3 Å². The van der Waals surface area contributed by atoms with Gasteiger partial charge in [-0.2, -0.15) is 0 Å². The molecular formula is C13H20N2O4. The Kier molecular flexibility index (Phi) is 7.72. The number of nitrogens with one attached hydrogen (secondary N) is 1. The first kappa shape index (κ1) is 15.6. The molecule has 19 heavy (non-hydrogen) atoms. The van der Waals surface area contributed by atoms with Crippen LogP contribution in [0, 0.1) is 0 Å². The lowest BCUT2D eigenvalue weighted by Gasteiger charge is -2.06. The van der Waals surface area contributed by atoms with E-state index in [0.717, 1.165) is 12.2 Å². The van der Waals surface area contributed by atoms with Crippen LogP contribution in [0.3, 0.4) is 0 Å². The van der Waals surface area contributed by atoms with Crippen molar-refractivity contribution in [2.24, 2.45) is 0 Å². The molecule has 1 N–H and O–H groups in total. The van der Waals surface area contributed by atoms with Crippen LogP contribution >= 0.6 is 0 Å². The number of nitrogens with zero attached hydrogens (tertiary/aromatic N) is 1. The van der Waals surface area contributed by atoms with Gasteiger partial charge in [-0.25, -0.2) is 4.79 Å². The van der Waals surface area contributed by atoms with Gasteiger partial charge in [0.25, 0.3) is 0 Å². The first-order valence-electron chi connectivity index (χ1n) is 6.08. The number of aromatic nitrogens is 1. The summed E-state index contributed by atoms with van der Waals surface area (Å²) in [6.07, 6.45) is 1.51. The second-order valence-electron chi connectivity index (χ2n) is 3.81. The highest BCUT2D eigenvalue weighted by atomic mass is 16.5. The Labute approximate surface area is 113 Å². The van der Waals surface area contributed by atoms with E-state index in [4.69, 9.17) is 9.47 Å². The number of esters is 1. The van der Waals surface area contributed by atoms with E-state index in [1.54, 1.807) is 19.2 Å². The van der Waals surface area contributed by atoms with Gasteiger partial charge >= 0.3 is 5.97 Å². The molecule has 6 heteroatoms. The maximum atomic E-state index is 11.2. The number of carbonyl (C=O) groups is 1. The van der Waals surface area contributed by atoms with E-state index >= 15 is 0 Å². The largest absolute Gasteiger partial charge is 0.465 e. The van der Waals surface area contributed by atoms with Gasteiger partial charge in [0.05, 0.1) is 38.2 Å². The Morgan fingerprint density at radius 2 is 2.11 bits per heavy atom. The number of pyridine rings is 1. The van der Waals surface area contributed by atoms with Gasteiger partial charge in [0.1, 0.15) is 0 Å². The number of hydrogen-bond acceptors (Lipinski definition) is 6. The smallest absolute Gasteiger partial charge is 0.339 e. The summed E-state index contributed by atoms with van der Waals surface area (Å²) in [4.78, 5) is 15.4. The van der Waals surface area contributed by atoms with Gasteiger partial charge in [0.2, 0.25) is 0 Å². The van der Waals surface area contributed by atoms with E-state index in [0.29, 0.717) is 31.9 Å². The minimum atomic E-state index is -0.376. The summed E-state index contributed by atoms with van der Waals surface area (Å²) in [7, 11) is 2.99. The maximum Gasteiger partial charge on any atom is 0.339 e. The Balaban J connectivity index is 2.18. The van der Waals surface area contributed by atoms with Crippen LogP contribution in [0.4, 0.5) is 0 Å². The van der Waals surface area contributed by atoms with E-state index in [9.17, 15) is 4.79 Å². The number of methoxy groups -OCH3 is 2. The normalized spacial score (nSPS) is 10.4. The zero-order chi connectivity index (χ0) is 13.9. The second kappa shape index (κ2) is 9.43. The lowest BCUT2D eigenvalue weighted by atomic mass is 10.2. The first-order chi connectivity index (χ1) is 9.27. The van der Waals surface area contributed by atoms with Crippen molar-refractivity contribution in [1.29, 1.82) is 0 Å². The first-order valence-corrected chi connectivity index (χ1v) is 6.08. The molecule has 0 aliphatic heterocycles. The highest BCUT2D eigenvalue weighted by Crippen LogP contribution is 2.01. The van der Waals surface area contributed by atoms with Crippen LogP contribution in [0.1, 0.15) is 16.1 Å². The van der Waals surface area contributed by atoms with Gasteiger partial charge in [0, 0.05) is 26.4 Å². The SMILES string of the molecule is COCCOCCNCc1ccc(C(=O)OC)cn1. The average Bonchev–Trinajstić information content (AvgIpc) is 2.46. The van der Waals surface area contributed by atoms with Crippen LogP contribution in [0.25, 0.3) is 0 Å². The van der Waals surface area contributed by atoms with Gasteiger partial charge in [-0.1, -0.05) is 0 Å². The molecule has 0 bridgehead atoms. The third-order valence-corrected chi connectivity index (χ3v) is 2.41.